The minimum atomic E-state index is -2.88. The van der Waals surface area contributed by atoms with Crippen molar-refractivity contribution >= 4 is 58.2 Å². The van der Waals surface area contributed by atoms with E-state index in [1.165, 1.54) is 6.33 Å². The summed E-state index contributed by atoms with van der Waals surface area (Å²) in [7, 11) is -7.44. The Morgan fingerprint density at radius 2 is 1.32 bits per heavy atom. The van der Waals surface area contributed by atoms with Gasteiger partial charge in [-0.1, -0.05) is 141 Å². The average molecular weight is 868 g/mol. The highest BCUT2D eigenvalue weighted by Crippen LogP contribution is 2.44. The van der Waals surface area contributed by atoms with Gasteiger partial charge in [-0.15, -0.1) is 0 Å². The fourth-order valence-electron chi connectivity index (χ4n) is 7.35. The first-order valence-electron chi connectivity index (χ1n) is 21.0. The van der Waals surface area contributed by atoms with Crippen LogP contribution >= 0.6 is 0 Å². The Morgan fingerprint density at radius 1 is 0.750 bits per heavy atom. The van der Waals surface area contributed by atoms with Crippen LogP contribution in [-0.4, -0.2) is 80.4 Å². The molecule has 3 heterocycles. The maximum absolute atomic E-state index is 14.3. The van der Waals surface area contributed by atoms with E-state index in [4.69, 9.17) is 23.0 Å². The van der Waals surface area contributed by atoms with Gasteiger partial charge in [0.15, 0.2) is 39.8 Å². The Kier molecular flexibility index (Phi) is 13.0. The molecule has 0 spiro atoms. The molecule has 3 aromatic carbocycles. The van der Waals surface area contributed by atoms with Crippen molar-refractivity contribution in [3.8, 4) is 0 Å². The minimum absolute atomic E-state index is 0.0120. The molecule has 0 unspecified atom stereocenters. The number of ether oxygens (including phenoxy) is 1. The lowest BCUT2D eigenvalue weighted by Crippen LogP contribution is -2.66. The molecule has 1 aliphatic rings. The second-order valence-electron chi connectivity index (χ2n) is 20.1. The molecule has 1 amide bonds. The summed E-state index contributed by atoms with van der Waals surface area (Å²) in [5.41, 5.74) is 2.05. The van der Waals surface area contributed by atoms with Crippen LogP contribution in [0.1, 0.15) is 84.5 Å². The zero-order chi connectivity index (χ0) is 43.9. The molecule has 1 saturated heterocycles. The summed E-state index contributed by atoms with van der Waals surface area (Å²) in [5, 5.41) is 16.9. The maximum atomic E-state index is 14.3. The van der Waals surface area contributed by atoms with Crippen LogP contribution in [0.5, 0.6) is 0 Å². The molecule has 0 aliphatic carbocycles. The SMILES string of the molecule is CC(C)(C)[Si](C)(C)OC[C@H]1O[C@@H](n2cnc3c(NC(=O)c4ccccc4CO[Si](c4ccccc4)(c4ccccc4)C(C)(C)C)ncnc32)[C@H](O[Si](C)(C)C(C)(C)C)[C@@H]1O. The smallest absolute Gasteiger partial charge is 0.261 e. The summed E-state index contributed by atoms with van der Waals surface area (Å²) in [6.45, 7) is 28.9. The van der Waals surface area contributed by atoms with Gasteiger partial charge in [0.2, 0.25) is 0 Å². The number of hydrogen-bond donors (Lipinski definition) is 2. The number of amides is 1. The van der Waals surface area contributed by atoms with Crippen LogP contribution in [0, 0.1) is 0 Å². The lowest BCUT2D eigenvalue weighted by Gasteiger charge is -2.43. The summed E-state index contributed by atoms with van der Waals surface area (Å²) < 4.78 is 29.2. The van der Waals surface area contributed by atoms with Crippen molar-refractivity contribution < 1.29 is 27.9 Å². The van der Waals surface area contributed by atoms with Gasteiger partial charge in [-0.25, -0.2) is 15.0 Å². The number of carbonyl (C=O) groups excluding carboxylic acids is 1. The fourth-order valence-corrected chi connectivity index (χ4v) is 14.2. The van der Waals surface area contributed by atoms with Crippen LogP contribution in [0.3, 0.4) is 0 Å². The summed E-state index contributed by atoms with van der Waals surface area (Å²) in [6.07, 6.45) is -0.0511. The number of carbonyl (C=O) groups is 1. The van der Waals surface area contributed by atoms with Crippen molar-refractivity contribution in [1.29, 1.82) is 0 Å². The van der Waals surface area contributed by atoms with E-state index in [9.17, 15) is 9.90 Å². The summed E-state index contributed by atoms with van der Waals surface area (Å²) in [4.78, 5) is 28.1. The van der Waals surface area contributed by atoms with Gasteiger partial charge >= 0.3 is 0 Å². The molecular weight excluding hydrogens is 803 g/mol. The molecule has 1 aliphatic heterocycles. The third-order valence-electron chi connectivity index (χ3n) is 13.0. The van der Waals surface area contributed by atoms with E-state index in [1.807, 2.05) is 30.3 Å². The van der Waals surface area contributed by atoms with E-state index in [0.717, 1.165) is 15.9 Å². The van der Waals surface area contributed by atoms with Crippen LogP contribution in [-0.2, 0) is 24.6 Å². The summed E-state index contributed by atoms with van der Waals surface area (Å²) in [6, 6.07) is 28.4. The topological polar surface area (TPSA) is 130 Å². The van der Waals surface area contributed by atoms with Gasteiger partial charge in [0, 0.05) is 5.56 Å². The Balaban J connectivity index is 1.30. The number of nitrogens with one attached hydrogen (secondary N) is 1. The van der Waals surface area contributed by atoms with Gasteiger partial charge in [0.05, 0.1) is 19.5 Å². The molecule has 60 heavy (non-hydrogen) atoms. The Morgan fingerprint density at radius 3 is 1.88 bits per heavy atom. The molecule has 4 atom stereocenters. The third kappa shape index (κ3) is 9.02. The second-order valence-corrected chi connectivity index (χ2v) is 34.0. The first kappa shape index (κ1) is 45.7. The molecule has 2 aromatic heterocycles. The molecule has 14 heteroatoms. The molecule has 2 N–H and O–H groups in total. The highest BCUT2D eigenvalue weighted by atomic mass is 28.4. The van der Waals surface area contributed by atoms with Gasteiger partial charge in [-0.05, 0) is 63.3 Å². The summed E-state index contributed by atoms with van der Waals surface area (Å²) >= 11 is 0. The van der Waals surface area contributed by atoms with Crippen LogP contribution in [0.25, 0.3) is 11.2 Å². The molecule has 0 bridgehead atoms. The van der Waals surface area contributed by atoms with Crippen LogP contribution < -0.4 is 15.7 Å². The van der Waals surface area contributed by atoms with Crippen molar-refractivity contribution in [1.82, 2.24) is 19.5 Å². The van der Waals surface area contributed by atoms with Crippen molar-refractivity contribution in [3.05, 3.63) is 109 Å². The molecule has 5 aromatic rings. The normalized spacial score (nSPS) is 19.5. The number of imidazole rings is 1. The molecule has 322 valence electrons. The Labute approximate surface area is 359 Å². The maximum Gasteiger partial charge on any atom is 0.261 e. The number of anilines is 1. The lowest BCUT2D eigenvalue weighted by atomic mass is 10.1. The zero-order valence-corrected chi connectivity index (χ0v) is 40.7. The quantitative estimate of drug-likeness (QED) is 0.112. The highest BCUT2D eigenvalue weighted by Gasteiger charge is 2.52. The number of aliphatic hydroxyl groups excluding tert-OH is 1. The summed E-state index contributed by atoms with van der Waals surface area (Å²) in [5.74, 6) is -0.0922. The number of aromatic nitrogens is 4. The first-order valence-corrected chi connectivity index (χ1v) is 28.7. The zero-order valence-electron chi connectivity index (χ0n) is 37.7. The number of nitrogens with zero attached hydrogens (tertiary/aromatic N) is 4. The van der Waals surface area contributed by atoms with E-state index in [0.29, 0.717) is 16.7 Å². The van der Waals surface area contributed by atoms with Gasteiger partial charge in [0.25, 0.3) is 14.2 Å². The van der Waals surface area contributed by atoms with Gasteiger partial charge in [-0.3, -0.25) is 9.36 Å². The first-order chi connectivity index (χ1) is 28.0. The van der Waals surface area contributed by atoms with E-state index in [2.05, 4.69) is 152 Å². The molecule has 0 saturated carbocycles. The van der Waals surface area contributed by atoms with Crippen molar-refractivity contribution in [2.75, 3.05) is 11.9 Å². The van der Waals surface area contributed by atoms with E-state index >= 15 is 0 Å². The van der Waals surface area contributed by atoms with Crippen LogP contribution in [0.4, 0.5) is 5.82 Å². The second kappa shape index (κ2) is 17.1. The molecular formula is C46H65N5O6Si3. The van der Waals surface area contributed by atoms with Gasteiger partial charge < -0.3 is 28.4 Å². The van der Waals surface area contributed by atoms with Crippen molar-refractivity contribution in [3.63, 3.8) is 0 Å². The van der Waals surface area contributed by atoms with Gasteiger partial charge in [0.1, 0.15) is 24.6 Å². The van der Waals surface area contributed by atoms with Crippen molar-refractivity contribution in [2.45, 2.75) is 135 Å². The van der Waals surface area contributed by atoms with E-state index < -0.39 is 49.5 Å². The predicted octanol–water partition coefficient (Wildman–Crippen LogP) is 8.83. The Bertz CT molecular complexity index is 2210. The van der Waals surface area contributed by atoms with Crippen molar-refractivity contribution in [2.24, 2.45) is 0 Å². The number of fused-ring (bicyclic) bond motifs is 1. The molecule has 11 nitrogen and oxygen atoms in total. The standard InChI is InChI=1S/C46H65N5O6Si3/c1-44(2,3)58(10,11)54-29-36-38(52)39(57-59(12,13)45(4,5)6)43(56-36)51-31-49-37-40(47-30-48-41(37)51)50-42(53)35-27-21-20-22-32(35)28-55-60(46(7,8)9,33-23-16-14-17-24-33)34-25-18-15-19-26-34/h14-27,30-31,36,38-39,43,52H,28-29H2,1-13H3,(H,47,48,50,53)/t36-,38-,39-,43-/m1/s1. The average Bonchev–Trinajstić information content (AvgIpc) is 3.74. The molecule has 1 fully saturated rings. The lowest BCUT2D eigenvalue weighted by molar-refractivity contribution is -0.0476. The fraction of sp³-hybridized carbons (Fsp3) is 0.478. The number of rotatable bonds is 13. The monoisotopic (exact) mass is 867 g/mol. The predicted molar refractivity (Wildman–Crippen MR) is 247 cm³/mol. The number of benzene rings is 3. The Hall–Kier alpha value is -3.87. The highest BCUT2D eigenvalue weighted by molar-refractivity contribution is 6.99. The largest absolute Gasteiger partial charge is 0.414 e. The molecule has 6 rings (SSSR count). The van der Waals surface area contributed by atoms with Gasteiger partial charge in [-0.2, -0.15) is 0 Å². The minimum Gasteiger partial charge on any atom is -0.414 e. The van der Waals surface area contributed by atoms with Crippen LogP contribution in [0.2, 0.25) is 41.3 Å². The number of hydrogen-bond acceptors (Lipinski definition) is 9. The third-order valence-corrected chi connectivity index (χ3v) is 26.9. The van der Waals surface area contributed by atoms with Crippen LogP contribution in [0.15, 0.2) is 97.6 Å². The van der Waals surface area contributed by atoms with E-state index in [1.54, 1.807) is 17.0 Å². The molecule has 0 radical (unpaired) electrons. The van der Waals surface area contributed by atoms with E-state index in [-0.39, 0.29) is 40.1 Å². The number of aliphatic hydroxyl groups is 1.